The Kier molecular flexibility index (Phi) is 2.85. The first-order valence-corrected chi connectivity index (χ1v) is 6.29. The number of hydrogen-bond donors (Lipinski definition) is 1. The van der Waals surface area contributed by atoms with E-state index >= 15 is 0 Å². The summed E-state index contributed by atoms with van der Waals surface area (Å²) in [4.78, 5) is 11.5. The first-order chi connectivity index (χ1) is 8.33. The molecular formula is C14H17NO2. The highest BCUT2D eigenvalue weighted by molar-refractivity contribution is 5.80. The number of carbonyl (C=O) groups is 1. The molecule has 1 unspecified atom stereocenters. The maximum atomic E-state index is 11.5. The molecule has 0 saturated heterocycles. The Hall–Kier alpha value is -1.35. The van der Waals surface area contributed by atoms with E-state index in [2.05, 4.69) is 23.5 Å². The summed E-state index contributed by atoms with van der Waals surface area (Å²) in [5.41, 5.74) is 2.63. The smallest absolute Gasteiger partial charge is 0.223 e. The lowest BCUT2D eigenvalue weighted by molar-refractivity contribution is -0.123. The molecule has 3 heteroatoms. The van der Waals surface area contributed by atoms with E-state index in [0.717, 1.165) is 19.3 Å². The van der Waals surface area contributed by atoms with Crippen molar-refractivity contribution in [3.63, 3.8) is 0 Å². The molecule has 3 rings (SSSR count). The Bertz CT molecular complexity index is 426. The number of rotatable bonds is 3. The van der Waals surface area contributed by atoms with Gasteiger partial charge in [-0.15, -0.1) is 0 Å². The van der Waals surface area contributed by atoms with Gasteiger partial charge in [-0.05, 0) is 24.0 Å². The number of carbonyl (C=O) groups excluding carboxylic acids is 1. The molecule has 3 nitrogen and oxygen atoms in total. The topological polar surface area (TPSA) is 38.3 Å². The number of amides is 1. The molecule has 1 amide bonds. The summed E-state index contributed by atoms with van der Waals surface area (Å²) in [6.45, 7) is 1.31. The van der Waals surface area contributed by atoms with Gasteiger partial charge >= 0.3 is 0 Å². The van der Waals surface area contributed by atoms with Crippen LogP contribution in [0.5, 0.6) is 0 Å². The molecule has 0 aromatic heterocycles. The van der Waals surface area contributed by atoms with Gasteiger partial charge in [0.2, 0.25) is 5.91 Å². The summed E-state index contributed by atoms with van der Waals surface area (Å²) >= 11 is 0. The Morgan fingerprint density at radius 2 is 2.06 bits per heavy atom. The van der Waals surface area contributed by atoms with Crippen LogP contribution in [-0.4, -0.2) is 18.6 Å². The molecule has 1 saturated carbocycles. The van der Waals surface area contributed by atoms with Crippen LogP contribution < -0.4 is 5.32 Å². The zero-order chi connectivity index (χ0) is 11.7. The summed E-state index contributed by atoms with van der Waals surface area (Å²) in [5.74, 6) is 0.485. The molecule has 1 aromatic carbocycles. The molecule has 1 aliphatic heterocycles. The Morgan fingerprint density at radius 1 is 1.29 bits per heavy atom. The van der Waals surface area contributed by atoms with Crippen molar-refractivity contribution in [3.05, 3.63) is 35.4 Å². The molecule has 0 radical (unpaired) electrons. The number of nitrogens with one attached hydrogen (secondary N) is 1. The second-order valence-corrected chi connectivity index (χ2v) is 4.93. The summed E-state index contributed by atoms with van der Waals surface area (Å²) in [6.07, 6.45) is 3.15. The maximum Gasteiger partial charge on any atom is 0.223 e. The van der Waals surface area contributed by atoms with Gasteiger partial charge in [0.1, 0.15) is 0 Å². The first-order valence-electron chi connectivity index (χ1n) is 6.29. The zero-order valence-electron chi connectivity index (χ0n) is 9.82. The number of ether oxygens (including phenoxy) is 1. The molecule has 1 aromatic rings. The fourth-order valence-corrected chi connectivity index (χ4v) is 2.24. The van der Waals surface area contributed by atoms with Crippen molar-refractivity contribution in [2.24, 2.45) is 5.92 Å². The van der Waals surface area contributed by atoms with Gasteiger partial charge in [0, 0.05) is 18.9 Å². The van der Waals surface area contributed by atoms with Gasteiger partial charge in [-0.3, -0.25) is 4.79 Å². The molecule has 0 spiro atoms. The maximum absolute atomic E-state index is 11.5. The highest BCUT2D eigenvalue weighted by Gasteiger charge is 2.30. The highest BCUT2D eigenvalue weighted by atomic mass is 16.5. The van der Waals surface area contributed by atoms with Crippen LogP contribution >= 0.6 is 0 Å². The van der Waals surface area contributed by atoms with Gasteiger partial charge in [0.05, 0.1) is 12.7 Å². The second kappa shape index (κ2) is 4.49. The van der Waals surface area contributed by atoms with Gasteiger partial charge < -0.3 is 10.1 Å². The second-order valence-electron chi connectivity index (χ2n) is 4.93. The number of benzene rings is 1. The molecule has 1 heterocycles. The van der Waals surface area contributed by atoms with Gasteiger partial charge in [-0.25, -0.2) is 0 Å². The largest absolute Gasteiger partial charge is 0.371 e. The molecule has 1 fully saturated rings. The third-order valence-electron chi connectivity index (χ3n) is 3.49. The molecular weight excluding hydrogens is 214 g/mol. The number of hydrogen-bond acceptors (Lipinski definition) is 2. The molecule has 1 aliphatic carbocycles. The van der Waals surface area contributed by atoms with E-state index in [-0.39, 0.29) is 17.9 Å². The van der Waals surface area contributed by atoms with E-state index in [1.54, 1.807) is 0 Å². The average Bonchev–Trinajstić information content (AvgIpc) is 3.20. The molecule has 1 atom stereocenters. The normalized spacial score (nSPS) is 22.9. The molecule has 1 N–H and O–H groups in total. The van der Waals surface area contributed by atoms with E-state index in [1.165, 1.54) is 11.1 Å². The van der Waals surface area contributed by atoms with E-state index in [4.69, 9.17) is 4.74 Å². The van der Waals surface area contributed by atoms with Crippen molar-refractivity contribution >= 4 is 5.91 Å². The summed E-state index contributed by atoms with van der Waals surface area (Å²) in [6, 6.07) is 8.35. The molecule has 2 aliphatic rings. The van der Waals surface area contributed by atoms with Gasteiger partial charge in [0.25, 0.3) is 0 Å². The van der Waals surface area contributed by atoms with E-state index in [1.807, 2.05) is 6.07 Å². The minimum absolute atomic E-state index is 0.132. The van der Waals surface area contributed by atoms with Gasteiger partial charge in [-0.2, -0.15) is 0 Å². The fraction of sp³-hybridized carbons (Fsp3) is 0.500. The average molecular weight is 231 g/mol. The molecule has 90 valence electrons. The first kappa shape index (κ1) is 10.8. The molecule has 0 bridgehead atoms. The minimum atomic E-state index is 0.132. The Balaban J connectivity index is 1.55. The fourth-order valence-electron chi connectivity index (χ4n) is 2.24. The van der Waals surface area contributed by atoms with Crippen LogP contribution in [0.15, 0.2) is 24.3 Å². The van der Waals surface area contributed by atoms with Crippen LogP contribution in [0.4, 0.5) is 0 Å². The number of fused-ring (bicyclic) bond motifs is 1. The van der Waals surface area contributed by atoms with Gasteiger partial charge in [-0.1, -0.05) is 24.3 Å². The third-order valence-corrected chi connectivity index (χ3v) is 3.49. The van der Waals surface area contributed by atoms with Crippen LogP contribution in [0, 0.1) is 5.92 Å². The third kappa shape index (κ3) is 2.50. The highest BCUT2D eigenvalue weighted by Crippen LogP contribution is 2.28. The Morgan fingerprint density at radius 3 is 2.82 bits per heavy atom. The molecule has 17 heavy (non-hydrogen) atoms. The lowest BCUT2D eigenvalue weighted by atomic mass is 9.99. The quantitative estimate of drug-likeness (QED) is 0.859. The summed E-state index contributed by atoms with van der Waals surface area (Å²) < 4.78 is 5.74. The lowest BCUT2D eigenvalue weighted by Crippen LogP contribution is -2.37. The van der Waals surface area contributed by atoms with Crippen LogP contribution in [-0.2, 0) is 22.6 Å². The van der Waals surface area contributed by atoms with E-state index in [0.29, 0.717) is 13.2 Å². The van der Waals surface area contributed by atoms with Crippen LogP contribution in [0.3, 0.4) is 0 Å². The van der Waals surface area contributed by atoms with Crippen molar-refractivity contribution in [1.29, 1.82) is 0 Å². The predicted octanol–water partition coefficient (Wildman–Crippen LogP) is 1.65. The van der Waals surface area contributed by atoms with Crippen molar-refractivity contribution in [3.8, 4) is 0 Å². The van der Waals surface area contributed by atoms with Crippen molar-refractivity contribution in [1.82, 2.24) is 5.32 Å². The zero-order valence-corrected chi connectivity index (χ0v) is 9.82. The summed E-state index contributed by atoms with van der Waals surface area (Å²) in [7, 11) is 0. The van der Waals surface area contributed by atoms with Crippen LogP contribution in [0.2, 0.25) is 0 Å². The monoisotopic (exact) mass is 231 g/mol. The van der Waals surface area contributed by atoms with E-state index in [9.17, 15) is 4.79 Å². The van der Waals surface area contributed by atoms with Crippen LogP contribution in [0.25, 0.3) is 0 Å². The standard InChI is InChI=1S/C14H17NO2/c16-14(10-5-6-10)15-8-13-7-11-3-1-2-4-12(11)9-17-13/h1-4,10,13H,5-9H2,(H,15,16). The minimum Gasteiger partial charge on any atom is -0.371 e. The van der Waals surface area contributed by atoms with Crippen molar-refractivity contribution < 1.29 is 9.53 Å². The van der Waals surface area contributed by atoms with E-state index < -0.39 is 0 Å². The SMILES string of the molecule is O=C(NCC1Cc2ccccc2CO1)C1CC1. The lowest BCUT2D eigenvalue weighted by Gasteiger charge is -2.25. The van der Waals surface area contributed by atoms with Gasteiger partial charge in [0.15, 0.2) is 0 Å². The Labute approximate surface area is 101 Å². The van der Waals surface area contributed by atoms with Crippen LogP contribution in [0.1, 0.15) is 24.0 Å². The van der Waals surface area contributed by atoms with Crippen molar-refractivity contribution in [2.45, 2.75) is 32.0 Å². The van der Waals surface area contributed by atoms with Crippen molar-refractivity contribution in [2.75, 3.05) is 6.54 Å². The summed E-state index contributed by atoms with van der Waals surface area (Å²) in [5, 5.41) is 2.98. The predicted molar refractivity (Wildman–Crippen MR) is 64.5 cm³/mol.